The molecule has 0 aliphatic carbocycles. The van der Waals surface area contributed by atoms with Crippen molar-refractivity contribution in [3.63, 3.8) is 0 Å². The molecule has 7 heteroatoms. The quantitative estimate of drug-likeness (QED) is 0.388. The fraction of sp³-hybridized carbons (Fsp3) is 0.579. The number of likely N-dealkylation sites (N-methyl/N-ethyl adjacent to an activating group) is 2. The molecule has 0 N–H and O–H groups in total. The fourth-order valence-corrected chi connectivity index (χ4v) is 4.73. The number of alkyl halides is 1. The third kappa shape index (κ3) is 4.67. The van der Waals surface area contributed by atoms with Crippen molar-refractivity contribution in [2.45, 2.75) is 32.1 Å². The summed E-state index contributed by atoms with van der Waals surface area (Å²) >= 11 is 3.83. The van der Waals surface area contributed by atoms with Gasteiger partial charge in [0.15, 0.2) is 5.75 Å². The van der Waals surface area contributed by atoms with Crippen LogP contribution in [-0.2, 0) is 4.43 Å². The van der Waals surface area contributed by atoms with Crippen molar-refractivity contribution in [3.05, 3.63) is 22.3 Å². The van der Waals surface area contributed by atoms with Gasteiger partial charge in [-0.1, -0.05) is 36.4 Å². The highest BCUT2D eigenvalue weighted by molar-refractivity contribution is 14.1. The monoisotopic (exact) mass is 489 g/mol. The van der Waals surface area contributed by atoms with E-state index < -0.39 is 0 Å². The molecule has 2 heterocycles. The number of hydrogen-bond donors (Lipinski definition) is 0. The maximum absolute atomic E-state index is 13.1. The number of ether oxygens (including phenoxy) is 1. The normalized spacial score (nSPS) is 11.3. The van der Waals surface area contributed by atoms with E-state index >= 15 is 0 Å². The summed E-state index contributed by atoms with van der Waals surface area (Å²) in [4.78, 5) is 22.6. The molecule has 0 fully saturated rings. The number of halogens is 1. The van der Waals surface area contributed by atoms with Crippen LogP contribution in [0.3, 0.4) is 0 Å². The Balaban J connectivity index is 2.38. The Morgan fingerprint density at radius 3 is 2.54 bits per heavy atom. The molecule has 0 saturated heterocycles. The van der Waals surface area contributed by atoms with Crippen LogP contribution in [-0.4, -0.2) is 60.5 Å². The Bertz CT molecular complexity index is 759. The van der Waals surface area contributed by atoms with Crippen LogP contribution in [0.4, 0.5) is 0 Å². The molecule has 0 spiro atoms. The van der Waals surface area contributed by atoms with Gasteiger partial charge in [-0.15, -0.1) is 11.3 Å². The summed E-state index contributed by atoms with van der Waals surface area (Å²) < 4.78 is 7.79. The maximum atomic E-state index is 13.1. The lowest BCUT2D eigenvalue weighted by Gasteiger charge is -2.23. The number of hydrogen-bond acceptors (Lipinski definition) is 5. The Kier molecular flexibility index (Phi) is 8.09. The van der Waals surface area contributed by atoms with E-state index in [1.165, 1.54) is 11.3 Å². The number of aryl methyl sites for hydroxylation is 1. The minimum Gasteiger partial charge on any atom is -0.491 e. The van der Waals surface area contributed by atoms with E-state index in [1.807, 2.05) is 27.0 Å². The number of amides is 1. The molecule has 2 aromatic rings. The average Bonchev–Trinajstić information content (AvgIpc) is 2.99. The van der Waals surface area contributed by atoms with Gasteiger partial charge < -0.3 is 14.5 Å². The third-order valence-corrected chi connectivity index (χ3v) is 6.26. The first-order chi connectivity index (χ1) is 12.5. The van der Waals surface area contributed by atoms with Gasteiger partial charge in [0.2, 0.25) is 0 Å². The van der Waals surface area contributed by atoms with Crippen molar-refractivity contribution in [2.75, 3.05) is 39.8 Å². The van der Waals surface area contributed by atoms with Crippen LogP contribution in [0.5, 0.6) is 5.75 Å². The van der Waals surface area contributed by atoms with Crippen molar-refractivity contribution >= 4 is 49.9 Å². The maximum Gasteiger partial charge on any atom is 0.267 e. The highest BCUT2D eigenvalue weighted by atomic mass is 127. The molecule has 0 radical (unpaired) electrons. The molecule has 144 valence electrons. The van der Waals surface area contributed by atoms with Gasteiger partial charge in [-0.2, -0.15) is 0 Å². The van der Waals surface area contributed by atoms with Gasteiger partial charge in [-0.05, 0) is 33.0 Å². The van der Waals surface area contributed by atoms with E-state index in [4.69, 9.17) is 4.74 Å². The number of carbonyl (C=O) groups is 1. The molecular formula is C19H28IN3O2S. The summed E-state index contributed by atoms with van der Waals surface area (Å²) in [6.07, 6.45) is 0. The molecule has 26 heavy (non-hydrogen) atoms. The average molecular weight is 489 g/mol. The van der Waals surface area contributed by atoms with Gasteiger partial charge in [0, 0.05) is 35.0 Å². The lowest BCUT2D eigenvalue weighted by molar-refractivity contribution is 0.0781. The van der Waals surface area contributed by atoms with Gasteiger partial charge in [-0.3, -0.25) is 9.78 Å². The molecule has 0 aromatic carbocycles. The minimum atomic E-state index is 0.0267. The Morgan fingerprint density at radius 2 is 1.96 bits per heavy atom. The smallest absolute Gasteiger partial charge is 0.267 e. The third-order valence-electron chi connectivity index (χ3n) is 4.43. The zero-order valence-corrected chi connectivity index (χ0v) is 19.2. The highest BCUT2D eigenvalue weighted by Gasteiger charge is 2.25. The number of rotatable bonds is 9. The van der Waals surface area contributed by atoms with Crippen molar-refractivity contribution in [2.24, 2.45) is 0 Å². The Morgan fingerprint density at radius 1 is 1.27 bits per heavy atom. The first kappa shape index (κ1) is 21.4. The zero-order chi connectivity index (χ0) is 19.3. The van der Waals surface area contributed by atoms with Crippen LogP contribution in [0.15, 0.2) is 6.07 Å². The van der Waals surface area contributed by atoms with E-state index in [0.29, 0.717) is 23.8 Å². The molecule has 2 rings (SSSR count). The van der Waals surface area contributed by atoms with Crippen molar-refractivity contribution < 1.29 is 9.53 Å². The summed E-state index contributed by atoms with van der Waals surface area (Å²) in [5.74, 6) is 0.727. The predicted octanol–water partition coefficient (Wildman–Crippen LogP) is 4.35. The largest absolute Gasteiger partial charge is 0.491 e. The van der Waals surface area contributed by atoms with E-state index in [1.54, 1.807) is 4.90 Å². The van der Waals surface area contributed by atoms with Crippen LogP contribution >= 0.6 is 33.9 Å². The molecule has 1 amide bonds. The Labute approximate surface area is 173 Å². The number of pyridine rings is 1. The topological polar surface area (TPSA) is 45.7 Å². The summed E-state index contributed by atoms with van der Waals surface area (Å²) in [5.41, 5.74) is 1.97. The summed E-state index contributed by atoms with van der Waals surface area (Å²) in [6.45, 7) is 12.3. The van der Waals surface area contributed by atoms with E-state index in [-0.39, 0.29) is 5.91 Å². The molecule has 0 bridgehead atoms. The van der Waals surface area contributed by atoms with Crippen LogP contribution in [0.25, 0.3) is 10.1 Å². The van der Waals surface area contributed by atoms with Crippen molar-refractivity contribution in [1.29, 1.82) is 0 Å². The summed E-state index contributed by atoms with van der Waals surface area (Å²) in [6, 6.07) is 2.05. The Hall–Kier alpha value is -0.930. The van der Waals surface area contributed by atoms with Crippen molar-refractivity contribution in [1.82, 2.24) is 14.8 Å². The second-order valence-corrected chi connectivity index (χ2v) is 7.98. The fourth-order valence-electron chi connectivity index (χ4n) is 2.92. The van der Waals surface area contributed by atoms with Gasteiger partial charge in [0.1, 0.15) is 4.88 Å². The van der Waals surface area contributed by atoms with Crippen LogP contribution < -0.4 is 4.74 Å². The van der Waals surface area contributed by atoms with Gasteiger partial charge in [0.05, 0.1) is 17.7 Å². The number of carbonyl (C=O) groups excluding carboxylic acids is 1. The SMILES string of the molecule is CCOc1c(C(=O)N(C)CCN(CC)CC)sc2cc(C)nc(CI)c12. The molecule has 0 aliphatic rings. The second kappa shape index (κ2) is 9.85. The standard InChI is InChI=1S/C19H28IN3O2S/c1-6-23(7-2)10-9-22(5)19(24)18-17(25-8-3)16-14(12-20)21-13(4)11-15(16)26-18/h11H,6-10,12H2,1-5H3. The number of nitrogens with zero attached hydrogens (tertiary/aromatic N) is 3. The van der Waals surface area contributed by atoms with Crippen LogP contribution in [0.1, 0.15) is 41.8 Å². The van der Waals surface area contributed by atoms with E-state index in [9.17, 15) is 4.79 Å². The second-order valence-electron chi connectivity index (χ2n) is 6.16. The first-order valence-electron chi connectivity index (χ1n) is 9.06. The molecule has 0 unspecified atom stereocenters. The zero-order valence-electron chi connectivity index (χ0n) is 16.3. The number of fused-ring (bicyclic) bond motifs is 1. The van der Waals surface area contributed by atoms with Gasteiger partial charge >= 0.3 is 0 Å². The molecular weight excluding hydrogens is 461 g/mol. The van der Waals surface area contributed by atoms with Gasteiger partial charge in [0.25, 0.3) is 5.91 Å². The van der Waals surface area contributed by atoms with Crippen LogP contribution in [0.2, 0.25) is 0 Å². The molecule has 0 aliphatic heterocycles. The van der Waals surface area contributed by atoms with Gasteiger partial charge in [-0.25, -0.2) is 0 Å². The van der Waals surface area contributed by atoms with E-state index in [2.05, 4.69) is 46.3 Å². The molecule has 0 atom stereocenters. The molecule has 2 aromatic heterocycles. The molecule has 0 saturated carbocycles. The number of aromatic nitrogens is 1. The predicted molar refractivity (Wildman–Crippen MR) is 118 cm³/mol. The van der Waals surface area contributed by atoms with Crippen LogP contribution in [0, 0.1) is 6.92 Å². The minimum absolute atomic E-state index is 0.0267. The first-order valence-corrected chi connectivity index (χ1v) is 11.4. The highest BCUT2D eigenvalue weighted by Crippen LogP contribution is 2.41. The van der Waals surface area contributed by atoms with Crippen molar-refractivity contribution in [3.8, 4) is 5.75 Å². The number of thiophene rings is 1. The summed E-state index contributed by atoms with van der Waals surface area (Å²) in [7, 11) is 1.87. The van der Waals surface area contributed by atoms with E-state index in [0.717, 1.165) is 45.5 Å². The summed E-state index contributed by atoms with van der Waals surface area (Å²) in [5, 5.41) is 0.998. The lowest BCUT2D eigenvalue weighted by Crippen LogP contribution is -2.36. The molecule has 5 nitrogen and oxygen atoms in total. The lowest BCUT2D eigenvalue weighted by atomic mass is 10.2.